The maximum absolute atomic E-state index is 11.6. The Hall–Kier alpha value is -3.73. The number of nitrogens with zero attached hydrogens (tertiary/aromatic N) is 3. The van der Waals surface area contributed by atoms with Crippen molar-refractivity contribution in [3.8, 4) is 5.75 Å². The molecule has 1 heterocycles. The van der Waals surface area contributed by atoms with Gasteiger partial charge in [0.2, 0.25) is 12.7 Å². The first-order valence-electron chi connectivity index (χ1n) is 9.07. The molecule has 0 saturated carbocycles. The summed E-state index contributed by atoms with van der Waals surface area (Å²) in [6.45, 7) is 3.23. The van der Waals surface area contributed by atoms with Gasteiger partial charge in [-0.2, -0.15) is 0 Å². The van der Waals surface area contributed by atoms with E-state index in [0.29, 0.717) is 22.9 Å². The molecular weight excluding hydrogens is 392 g/mol. The van der Waals surface area contributed by atoms with E-state index in [1.807, 2.05) is 0 Å². The monoisotopic (exact) mass is 416 g/mol. The second-order valence-corrected chi connectivity index (χ2v) is 6.17. The van der Waals surface area contributed by atoms with Crippen molar-refractivity contribution in [1.82, 2.24) is 10.3 Å². The van der Waals surface area contributed by atoms with Crippen molar-refractivity contribution in [3.63, 3.8) is 0 Å². The van der Waals surface area contributed by atoms with E-state index >= 15 is 0 Å². The largest absolute Gasteiger partial charge is 0.511 e. The highest BCUT2D eigenvalue weighted by atomic mass is 16.8. The average molecular weight is 416 g/mol. The lowest BCUT2D eigenvalue weighted by Gasteiger charge is -2.10. The third-order valence-corrected chi connectivity index (χ3v) is 3.36. The summed E-state index contributed by atoms with van der Waals surface area (Å²) in [5.74, 6) is 0.505. The van der Waals surface area contributed by atoms with Crippen LogP contribution in [0.4, 0.5) is 27.8 Å². The number of nitrogen functional groups attached to an aromatic ring is 1. The average Bonchev–Trinajstić information content (AvgIpc) is 2.68. The Labute approximate surface area is 173 Å². The molecule has 1 amide bonds. The lowest BCUT2D eigenvalue weighted by Crippen LogP contribution is -2.25. The number of rotatable bonds is 9. The van der Waals surface area contributed by atoms with Crippen LogP contribution in [0.5, 0.6) is 5.75 Å². The molecule has 1 aromatic carbocycles. The standard InChI is InChI=1S/C19H24N6O5/c1-12(2)30-19(27)29-11-28-15-7-5-4-6-13(15)24-25-14-8-9-16(23-18(14)20)22-17(26)10-21-3/h4-9,12,21H,10-11H2,1-3H3,(H3,20,22,23,26)/b25-24+. The smallest absolute Gasteiger partial charge is 0.455 e. The Balaban J connectivity index is 2.02. The molecule has 0 spiro atoms. The minimum absolute atomic E-state index is 0.0965. The van der Waals surface area contributed by atoms with Crippen LogP contribution in [0.3, 0.4) is 0 Å². The van der Waals surface area contributed by atoms with Crippen LogP contribution in [0.2, 0.25) is 0 Å². The van der Waals surface area contributed by atoms with E-state index in [2.05, 4.69) is 25.8 Å². The lowest BCUT2D eigenvalue weighted by molar-refractivity contribution is -0.115. The Morgan fingerprint density at radius 1 is 1.13 bits per heavy atom. The van der Waals surface area contributed by atoms with Crippen molar-refractivity contribution in [2.24, 2.45) is 10.2 Å². The summed E-state index contributed by atoms with van der Waals surface area (Å²) < 4.78 is 15.1. The summed E-state index contributed by atoms with van der Waals surface area (Å²) in [6.07, 6.45) is -1.12. The molecule has 11 heteroatoms. The fourth-order valence-electron chi connectivity index (χ4n) is 2.11. The van der Waals surface area contributed by atoms with Gasteiger partial charge in [0.15, 0.2) is 11.6 Å². The number of pyridine rings is 1. The molecule has 2 rings (SSSR count). The minimum Gasteiger partial charge on any atom is -0.455 e. The van der Waals surface area contributed by atoms with Crippen molar-refractivity contribution in [2.45, 2.75) is 20.0 Å². The molecule has 0 aliphatic heterocycles. The van der Waals surface area contributed by atoms with Gasteiger partial charge in [-0.25, -0.2) is 9.78 Å². The maximum Gasteiger partial charge on any atom is 0.511 e. The molecule has 0 atom stereocenters. The summed E-state index contributed by atoms with van der Waals surface area (Å²) in [7, 11) is 1.66. The first kappa shape index (κ1) is 22.6. The molecule has 0 radical (unpaired) electrons. The van der Waals surface area contributed by atoms with Crippen LogP contribution in [0, 0.1) is 0 Å². The number of para-hydroxylation sites is 1. The van der Waals surface area contributed by atoms with E-state index in [1.54, 1.807) is 57.3 Å². The molecule has 0 aliphatic carbocycles. The predicted octanol–water partition coefficient (Wildman–Crippen LogP) is 3.14. The van der Waals surface area contributed by atoms with Gasteiger partial charge in [0.05, 0.1) is 12.6 Å². The van der Waals surface area contributed by atoms with Crippen molar-refractivity contribution in [3.05, 3.63) is 36.4 Å². The van der Waals surface area contributed by atoms with Crippen molar-refractivity contribution in [1.29, 1.82) is 0 Å². The molecule has 0 saturated heterocycles. The Bertz CT molecular complexity index is 903. The van der Waals surface area contributed by atoms with Crippen LogP contribution in [-0.2, 0) is 14.3 Å². The number of nitrogens with one attached hydrogen (secondary N) is 2. The van der Waals surface area contributed by atoms with Gasteiger partial charge in [0.25, 0.3) is 0 Å². The van der Waals surface area contributed by atoms with E-state index in [-0.39, 0.29) is 31.2 Å². The SMILES string of the molecule is CNCC(=O)Nc1ccc(/N=N/c2ccccc2OCOC(=O)OC(C)C)c(N)n1. The summed E-state index contributed by atoms with van der Waals surface area (Å²) in [4.78, 5) is 27.1. The molecule has 11 nitrogen and oxygen atoms in total. The first-order valence-corrected chi connectivity index (χ1v) is 9.07. The van der Waals surface area contributed by atoms with Crippen molar-refractivity contribution in [2.75, 3.05) is 31.4 Å². The number of benzene rings is 1. The van der Waals surface area contributed by atoms with Crippen molar-refractivity contribution >= 4 is 35.1 Å². The summed E-state index contributed by atoms with van der Waals surface area (Å²) in [5, 5.41) is 13.5. The van der Waals surface area contributed by atoms with E-state index in [1.165, 1.54) is 0 Å². The topological polar surface area (TPSA) is 150 Å². The number of carbonyl (C=O) groups excluding carboxylic acids is 2. The number of carbonyl (C=O) groups is 2. The van der Waals surface area contributed by atoms with Crippen LogP contribution in [0.25, 0.3) is 0 Å². The van der Waals surface area contributed by atoms with Gasteiger partial charge < -0.3 is 30.6 Å². The fourth-order valence-corrected chi connectivity index (χ4v) is 2.11. The minimum atomic E-state index is -0.829. The Morgan fingerprint density at radius 3 is 2.57 bits per heavy atom. The predicted molar refractivity (Wildman–Crippen MR) is 110 cm³/mol. The number of hydrogen-bond donors (Lipinski definition) is 3. The van der Waals surface area contributed by atoms with Gasteiger partial charge in [-0.1, -0.05) is 12.1 Å². The van der Waals surface area contributed by atoms with Gasteiger partial charge in [-0.3, -0.25) is 4.79 Å². The second kappa shape index (κ2) is 11.3. The Kier molecular flexibility index (Phi) is 8.51. The highest BCUT2D eigenvalue weighted by Crippen LogP contribution is 2.30. The molecule has 0 bridgehead atoms. The van der Waals surface area contributed by atoms with Crippen molar-refractivity contribution < 1.29 is 23.8 Å². The van der Waals surface area contributed by atoms with Crippen LogP contribution >= 0.6 is 0 Å². The summed E-state index contributed by atoms with van der Waals surface area (Å²) in [5.41, 5.74) is 6.60. The molecule has 0 fully saturated rings. The van der Waals surface area contributed by atoms with E-state index < -0.39 is 6.16 Å². The van der Waals surface area contributed by atoms with E-state index in [9.17, 15) is 9.59 Å². The number of azo groups is 1. The number of aromatic nitrogens is 1. The molecular formula is C19H24N6O5. The number of hydrogen-bond acceptors (Lipinski definition) is 10. The quantitative estimate of drug-likeness (QED) is 0.320. The first-order chi connectivity index (χ1) is 14.4. The number of anilines is 2. The zero-order valence-corrected chi connectivity index (χ0v) is 16.9. The number of ether oxygens (including phenoxy) is 3. The van der Waals surface area contributed by atoms with Gasteiger partial charge in [-0.05, 0) is 45.2 Å². The van der Waals surface area contributed by atoms with Crippen LogP contribution in [-0.4, -0.2) is 43.5 Å². The third-order valence-electron chi connectivity index (χ3n) is 3.36. The number of nitrogens with two attached hydrogens (primary N) is 1. The van der Waals surface area contributed by atoms with Gasteiger partial charge >= 0.3 is 6.16 Å². The van der Waals surface area contributed by atoms with Gasteiger partial charge in [0.1, 0.15) is 17.2 Å². The van der Waals surface area contributed by atoms with Crippen LogP contribution in [0.1, 0.15) is 13.8 Å². The van der Waals surface area contributed by atoms with Crippen LogP contribution < -0.4 is 21.1 Å². The number of amides is 1. The zero-order valence-electron chi connectivity index (χ0n) is 16.9. The molecule has 30 heavy (non-hydrogen) atoms. The van der Waals surface area contributed by atoms with Gasteiger partial charge in [-0.15, -0.1) is 10.2 Å². The fraction of sp³-hybridized carbons (Fsp3) is 0.316. The third kappa shape index (κ3) is 7.36. The normalized spacial score (nSPS) is 10.8. The van der Waals surface area contributed by atoms with Crippen LogP contribution in [0.15, 0.2) is 46.6 Å². The van der Waals surface area contributed by atoms with E-state index in [4.69, 9.17) is 19.9 Å². The zero-order chi connectivity index (χ0) is 21.9. The second-order valence-electron chi connectivity index (χ2n) is 6.17. The van der Waals surface area contributed by atoms with Gasteiger partial charge in [0, 0.05) is 0 Å². The summed E-state index contributed by atoms with van der Waals surface area (Å²) in [6, 6.07) is 9.94. The molecule has 0 unspecified atom stereocenters. The molecule has 4 N–H and O–H groups in total. The maximum atomic E-state index is 11.6. The molecule has 160 valence electrons. The highest BCUT2D eigenvalue weighted by molar-refractivity contribution is 5.91. The van der Waals surface area contributed by atoms with E-state index in [0.717, 1.165) is 0 Å². The summed E-state index contributed by atoms with van der Waals surface area (Å²) >= 11 is 0. The lowest BCUT2D eigenvalue weighted by atomic mass is 10.3. The molecule has 2 aromatic rings. The number of likely N-dealkylation sites (N-methyl/N-ethyl adjacent to an activating group) is 1. The Morgan fingerprint density at radius 2 is 1.87 bits per heavy atom. The highest BCUT2D eigenvalue weighted by Gasteiger charge is 2.09. The molecule has 0 aliphatic rings. The molecule has 1 aromatic heterocycles.